The Kier molecular flexibility index (Phi) is 6.25. The first-order chi connectivity index (χ1) is 11.9. The van der Waals surface area contributed by atoms with E-state index >= 15 is 0 Å². The van der Waals surface area contributed by atoms with Crippen LogP contribution in [0.5, 0.6) is 0 Å². The smallest absolute Gasteiger partial charge is 0.313 e. The van der Waals surface area contributed by atoms with Crippen molar-refractivity contribution in [3.63, 3.8) is 0 Å². The number of aliphatic hydroxyl groups is 1. The highest BCUT2D eigenvalue weighted by Crippen LogP contribution is 2.18. The van der Waals surface area contributed by atoms with Crippen molar-refractivity contribution in [2.45, 2.75) is 32.4 Å². The van der Waals surface area contributed by atoms with Crippen molar-refractivity contribution in [2.24, 2.45) is 0 Å². The van der Waals surface area contributed by atoms with Crippen LogP contribution in [0.25, 0.3) is 0 Å². The van der Waals surface area contributed by atoms with Gasteiger partial charge in [-0.25, -0.2) is 4.39 Å². The molecule has 0 aliphatic heterocycles. The lowest BCUT2D eigenvalue weighted by Gasteiger charge is -2.18. The molecular weight excluding hydrogens is 323 g/mol. The molecule has 2 unspecified atom stereocenters. The van der Waals surface area contributed by atoms with Gasteiger partial charge in [0, 0.05) is 17.3 Å². The molecule has 0 radical (unpaired) electrons. The quantitative estimate of drug-likeness (QED) is 0.730. The number of carbonyl (C=O) groups is 2. The molecule has 2 amide bonds. The lowest BCUT2D eigenvalue weighted by molar-refractivity contribution is -0.136. The molecule has 0 aliphatic rings. The molecule has 2 atom stereocenters. The Labute approximate surface area is 145 Å². The van der Waals surface area contributed by atoms with Crippen LogP contribution in [0.3, 0.4) is 0 Å². The van der Waals surface area contributed by atoms with Gasteiger partial charge in [-0.2, -0.15) is 0 Å². The maximum atomic E-state index is 13.5. The molecule has 0 bridgehead atoms. The normalized spacial score (nSPS) is 13.0. The number of rotatable bonds is 5. The monoisotopic (exact) mass is 344 g/mol. The summed E-state index contributed by atoms with van der Waals surface area (Å²) in [6, 6.07) is 12.9. The molecule has 0 heterocycles. The van der Waals surface area contributed by atoms with Gasteiger partial charge in [0.15, 0.2) is 0 Å². The Morgan fingerprint density at radius 3 is 2.44 bits per heavy atom. The van der Waals surface area contributed by atoms with Gasteiger partial charge in [-0.05, 0) is 38.0 Å². The maximum absolute atomic E-state index is 13.5. The lowest BCUT2D eigenvalue weighted by atomic mass is 10.0. The molecule has 0 fully saturated rings. The molecule has 0 spiro atoms. The van der Waals surface area contributed by atoms with E-state index in [2.05, 4.69) is 10.6 Å². The van der Waals surface area contributed by atoms with E-state index in [4.69, 9.17) is 0 Å². The molecular formula is C19H21FN2O3. The average Bonchev–Trinajstić information content (AvgIpc) is 2.59. The number of benzene rings is 2. The fourth-order valence-corrected chi connectivity index (χ4v) is 2.42. The molecule has 25 heavy (non-hydrogen) atoms. The third-order valence-electron chi connectivity index (χ3n) is 3.86. The van der Waals surface area contributed by atoms with E-state index in [0.29, 0.717) is 0 Å². The summed E-state index contributed by atoms with van der Waals surface area (Å²) in [6.45, 7) is 3.21. The van der Waals surface area contributed by atoms with E-state index in [0.717, 1.165) is 5.56 Å². The van der Waals surface area contributed by atoms with Gasteiger partial charge < -0.3 is 15.7 Å². The Hall–Kier alpha value is -2.73. The van der Waals surface area contributed by atoms with Crippen molar-refractivity contribution in [3.05, 3.63) is 65.5 Å². The van der Waals surface area contributed by atoms with Crippen molar-refractivity contribution >= 4 is 17.5 Å². The number of amides is 2. The van der Waals surface area contributed by atoms with Crippen molar-refractivity contribution in [1.82, 2.24) is 5.32 Å². The highest BCUT2D eigenvalue weighted by atomic mass is 19.1. The van der Waals surface area contributed by atoms with E-state index in [1.807, 2.05) is 18.2 Å². The largest absolute Gasteiger partial charge is 0.388 e. The minimum Gasteiger partial charge on any atom is -0.388 e. The van der Waals surface area contributed by atoms with E-state index in [1.165, 1.54) is 25.1 Å². The molecule has 6 heteroatoms. The van der Waals surface area contributed by atoms with Gasteiger partial charge in [0.2, 0.25) is 0 Å². The van der Waals surface area contributed by atoms with Gasteiger partial charge in [-0.3, -0.25) is 9.59 Å². The summed E-state index contributed by atoms with van der Waals surface area (Å²) in [5.41, 5.74) is 1.25. The van der Waals surface area contributed by atoms with Crippen LogP contribution >= 0.6 is 0 Å². The molecule has 0 saturated heterocycles. The summed E-state index contributed by atoms with van der Waals surface area (Å²) in [7, 11) is 0. The van der Waals surface area contributed by atoms with Gasteiger partial charge in [0.1, 0.15) is 5.82 Å². The third-order valence-corrected chi connectivity index (χ3v) is 3.86. The van der Waals surface area contributed by atoms with Crippen LogP contribution in [0.1, 0.15) is 30.6 Å². The van der Waals surface area contributed by atoms with Gasteiger partial charge in [0.25, 0.3) is 0 Å². The third kappa shape index (κ3) is 5.12. The number of hydrogen-bond acceptors (Lipinski definition) is 3. The Morgan fingerprint density at radius 2 is 1.76 bits per heavy atom. The van der Waals surface area contributed by atoms with Crippen LogP contribution in [-0.4, -0.2) is 23.0 Å². The standard InChI is InChI=1S/C19H21FN2O3/c1-12(11-17(23)14-7-4-3-5-8-14)21-18(24)19(25)22-16-10-6-9-15(20)13(16)2/h3-10,12,17,23H,11H2,1-2H3,(H,21,24)(H,22,25). The van der Waals surface area contributed by atoms with Crippen LogP contribution in [-0.2, 0) is 9.59 Å². The minimum atomic E-state index is -0.880. The number of nitrogens with one attached hydrogen (secondary N) is 2. The number of halogens is 1. The molecule has 2 rings (SSSR count). The van der Waals surface area contributed by atoms with Gasteiger partial charge >= 0.3 is 11.8 Å². The molecule has 5 nitrogen and oxygen atoms in total. The summed E-state index contributed by atoms with van der Waals surface area (Å²) in [5, 5.41) is 15.1. The van der Waals surface area contributed by atoms with Crippen molar-refractivity contribution in [2.75, 3.05) is 5.32 Å². The summed E-state index contributed by atoms with van der Waals surface area (Å²) in [6.07, 6.45) is -0.479. The first kappa shape index (κ1) is 18.6. The van der Waals surface area contributed by atoms with E-state index in [-0.39, 0.29) is 17.7 Å². The van der Waals surface area contributed by atoms with Crippen LogP contribution in [0.15, 0.2) is 48.5 Å². The van der Waals surface area contributed by atoms with Crippen LogP contribution < -0.4 is 10.6 Å². The Bertz CT molecular complexity index is 750. The molecule has 2 aromatic rings. The molecule has 3 N–H and O–H groups in total. The van der Waals surface area contributed by atoms with Crippen LogP contribution in [0.2, 0.25) is 0 Å². The Balaban J connectivity index is 1.90. The fraction of sp³-hybridized carbons (Fsp3) is 0.263. The zero-order valence-electron chi connectivity index (χ0n) is 14.1. The highest BCUT2D eigenvalue weighted by molar-refractivity contribution is 6.39. The Morgan fingerprint density at radius 1 is 1.08 bits per heavy atom. The fourth-order valence-electron chi connectivity index (χ4n) is 2.42. The number of aliphatic hydroxyl groups excluding tert-OH is 1. The summed E-state index contributed by atoms with van der Waals surface area (Å²) in [4.78, 5) is 23.9. The van der Waals surface area contributed by atoms with E-state index in [1.54, 1.807) is 19.1 Å². The molecule has 0 aromatic heterocycles. The van der Waals surface area contributed by atoms with Crippen molar-refractivity contribution < 1.29 is 19.1 Å². The number of hydrogen-bond donors (Lipinski definition) is 3. The molecule has 132 valence electrons. The van der Waals surface area contributed by atoms with E-state index < -0.39 is 29.8 Å². The summed E-state index contributed by atoms with van der Waals surface area (Å²) < 4.78 is 13.5. The maximum Gasteiger partial charge on any atom is 0.313 e. The second-order valence-electron chi connectivity index (χ2n) is 5.90. The number of anilines is 1. The topological polar surface area (TPSA) is 78.4 Å². The predicted molar refractivity (Wildman–Crippen MR) is 93.4 cm³/mol. The second-order valence-corrected chi connectivity index (χ2v) is 5.90. The SMILES string of the molecule is Cc1c(F)cccc1NC(=O)C(=O)NC(C)CC(O)c1ccccc1. The van der Waals surface area contributed by atoms with Crippen LogP contribution in [0.4, 0.5) is 10.1 Å². The van der Waals surface area contributed by atoms with Crippen LogP contribution in [0, 0.1) is 12.7 Å². The van der Waals surface area contributed by atoms with Crippen molar-refractivity contribution in [3.8, 4) is 0 Å². The average molecular weight is 344 g/mol. The summed E-state index contributed by atoms with van der Waals surface area (Å²) in [5.74, 6) is -2.18. The van der Waals surface area contributed by atoms with Gasteiger partial charge in [-0.1, -0.05) is 36.4 Å². The first-order valence-electron chi connectivity index (χ1n) is 7.98. The molecule has 0 aliphatic carbocycles. The van der Waals surface area contributed by atoms with Crippen molar-refractivity contribution in [1.29, 1.82) is 0 Å². The second kappa shape index (κ2) is 8.39. The summed E-state index contributed by atoms with van der Waals surface area (Å²) >= 11 is 0. The highest BCUT2D eigenvalue weighted by Gasteiger charge is 2.19. The van der Waals surface area contributed by atoms with Gasteiger partial charge in [0.05, 0.1) is 6.10 Å². The number of carbonyl (C=O) groups excluding carboxylic acids is 2. The zero-order chi connectivity index (χ0) is 18.4. The molecule has 0 saturated carbocycles. The minimum absolute atomic E-state index is 0.247. The van der Waals surface area contributed by atoms with E-state index in [9.17, 15) is 19.1 Å². The predicted octanol–water partition coefficient (Wildman–Crippen LogP) is 2.70. The first-order valence-corrected chi connectivity index (χ1v) is 7.98. The lowest BCUT2D eigenvalue weighted by Crippen LogP contribution is -2.41. The zero-order valence-corrected chi connectivity index (χ0v) is 14.1. The molecule has 2 aromatic carbocycles. The van der Waals surface area contributed by atoms with Gasteiger partial charge in [-0.15, -0.1) is 0 Å².